The molecule has 0 fully saturated rings. The first-order valence-electron chi connectivity index (χ1n) is 5.46. The summed E-state index contributed by atoms with van der Waals surface area (Å²) >= 11 is 0. The molecule has 0 unspecified atom stereocenters. The Morgan fingerprint density at radius 1 is 1.00 bits per heavy atom. The van der Waals surface area contributed by atoms with Gasteiger partial charge in [0.2, 0.25) is 0 Å². The first kappa shape index (κ1) is 11.6. The van der Waals surface area contributed by atoms with Crippen molar-refractivity contribution in [3.63, 3.8) is 0 Å². The highest BCUT2D eigenvalue weighted by atomic mass is 14.8. The number of nitrogens with zero attached hydrogens (tertiary/aromatic N) is 2. The summed E-state index contributed by atoms with van der Waals surface area (Å²) in [5.74, 6) is 0. The third-order valence-electron chi connectivity index (χ3n) is 2.24. The lowest BCUT2D eigenvalue weighted by Gasteiger charge is -1.96. The molecule has 2 rings (SSSR count). The molecule has 1 aromatic carbocycles. The number of hydrogen-bond acceptors (Lipinski definition) is 2. The standard InChI is InChI=1S/C9H8N2.C4H10/c1-7-8-4-2-3-5-9(8)11-6-10-7;1-3-4-2/h2-6H,1H3;3-4H2,1-2H3. The largest absolute Gasteiger partial charge is 0.241 e. The summed E-state index contributed by atoms with van der Waals surface area (Å²) in [4.78, 5) is 8.23. The molecule has 80 valence electrons. The van der Waals surface area contributed by atoms with Crippen molar-refractivity contribution in [3.8, 4) is 0 Å². The predicted octanol–water partition coefficient (Wildman–Crippen LogP) is 3.74. The molecule has 15 heavy (non-hydrogen) atoms. The van der Waals surface area contributed by atoms with E-state index in [0.29, 0.717) is 0 Å². The number of para-hydroxylation sites is 1. The maximum Gasteiger partial charge on any atom is 0.116 e. The molecule has 2 heteroatoms. The molecule has 0 saturated heterocycles. The van der Waals surface area contributed by atoms with Crippen LogP contribution in [0, 0.1) is 6.92 Å². The number of aromatic nitrogens is 2. The third kappa shape index (κ3) is 3.31. The van der Waals surface area contributed by atoms with Gasteiger partial charge in [0.15, 0.2) is 0 Å². The molecule has 1 aromatic heterocycles. The van der Waals surface area contributed by atoms with Crippen LogP contribution in [0.5, 0.6) is 0 Å². The van der Waals surface area contributed by atoms with Crippen molar-refractivity contribution in [2.24, 2.45) is 0 Å². The lowest BCUT2D eigenvalue weighted by Crippen LogP contribution is -1.85. The van der Waals surface area contributed by atoms with Gasteiger partial charge in [-0.2, -0.15) is 0 Å². The monoisotopic (exact) mass is 202 g/mol. The van der Waals surface area contributed by atoms with E-state index in [0.717, 1.165) is 16.6 Å². The van der Waals surface area contributed by atoms with Crippen LogP contribution in [0.15, 0.2) is 30.6 Å². The van der Waals surface area contributed by atoms with E-state index in [1.807, 2.05) is 31.2 Å². The Morgan fingerprint density at radius 2 is 1.67 bits per heavy atom. The molecule has 0 amide bonds. The fraction of sp³-hybridized carbons (Fsp3) is 0.385. The van der Waals surface area contributed by atoms with Crippen LogP contribution >= 0.6 is 0 Å². The number of rotatable bonds is 1. The predicted molar refractivity (Wildman–Crippen MR) is 64.9 cm³/mol. The Bertz CT molecular complexity index is 403. The Kier molecular flexibility index (Phi) is 4.75. The summed E-state index contributed by atoms with van der Waals surface area (Å²) in [6.07, 6.45) is 4.23. The molecule has 0 atom stereocenters. The number of fused-ring (bicyclic) bond motifs is 1. The maximum absolute atomic E-state index is 4.13. The van der Waals surface area contributed by atoms with Gasteiger partial charge in [0.05, 0.1) is 5.52 Å². The van der Waals surface area contributed by atoms with Crippen LogP contribution in [0.25, 0.3) is 10.9 Å². The summed E-state index contributed by atoms with van der Waals surface area (Å²) in [7, 11) is 0. The third-order valence-corrected chi connectivity index (χ3v) is 2.24. The summed E-state index contributed by atoms with van der Waals surface area (Å²) < 4.78 is 0. The van der Waals surface area contributed by atoms with Crippen molar-refractivity contribution in [2.45, 2.75) is 33.6 Å². The van der Waals surface area contributed by atoms with Gasteiger partial charge in [-0.3, -0.25) is 0 Å². The normalized spacial score (nSPS) is 9.53. The van der Waals surface area contributed by atoms with Crippen LogP contribution in [-0.4, -0.2) is 9.97 Å². The van der Waals surface area contributed by atoms with Gasteiger partial charge in [-0.05, 0) is 13.0 Å². The number of hydrogen-bond donors (Lipinski definition) is 0. The number of aryl methyl sites for hydroxylation is 1. The van der Waals surface area contributed by atoms with E-state index >= 15 is 0 Å². The first-order chi connectivity index (χ1) is 7.29. The van der Waals surface area contributed by atoms with E-state index in [4.69, 9.17) is 0 Å². The Balaban J connectivity index is 0.000000245. The molecular weight excluding hydrogens is 184 g/mol. The lowest BCUT2D eigenvalue weighted by atomic mass is 10.2. The van der Waals surface area contributed by atoms with Crippen molar-refractivity contribution >= 4 is 10.9 Å². The maximum atomic E-state index is 4.13. The highest BCUT2D eigenvalue weighted by Gasteiger charge is 1.94. The van der Waals surface area contributed by atoms with E-state index < -0.39 is 0 Å². The zero-order valence-corrected chi connectivity index (χ0v) is 9.70. The van der Waals surface area contributed by atoms with Crippen LogP contribution in [0.1, 0.15) is 32.4 Å². The summed E-state index contributed by atoms with van der Waals surface area (Å²) in [5, 5.41) is 1.13. The quantitative estimate of drug-likeness (QED) is 0.704. The summed E-state index contributed by atoms with van der Waals surface area (Å²) in [6.45, 7) is 6.35. The van der Waals surface area contributed by atoms with Crippen LogP contribution in [0.2, 0.25) is 0 Å². The van der Waals surface area contributed by atoms with Crippen molar-refractivity contribution < 1.29 is 0 Å². The molecule has 0 aliphatic heterocycles. The van der Waals surface area contributed by atoms with Crippen LogP contribution in [-0.2, 0) is 0 Å². The highest BCUT2D eigenvalue weighted by molar-refractivity contribution is 5.80. The second-order valence-corrected chi connectivity index (χ2v) is 3.48. The van der Waals surface area contributed by atoms with E-state index in [-0.39, 0.29) is 0 Å². The van der Waals surface area contributed by atoms with Crippen LogP contribution < -0.4 is 0 Å². The van der Waals surface area contributed by atoms with Crippen molar-refractivity contribution in [3.05, 3.63) is 36.3 Å². The minimum atomic E-state index is 1.01. The van der Waals surface area contributed by atoms with Crippen molar-refractivity contribution in [1.29, 1.82) is 0 Å². The molecule has 0 bridgehead atoms. The van der Waals surface area contributed by atoms with Gasteiger partial charge in [-0.15, -0.1) is 0 Å². The first-order valence-corrected chi connectivity index (χ1v) is 5.46. The molecule has 0 spiro atoms. The van der Waals surface area contributed by atoms with Crippen molar-refractivity contribution in [1.82, 2.24) is 9.97 Å². The zero-order valence-electron chi connectivity index (χ0n) is 9.70. The van der Waals surface area contributed by atoms with Gasteiger partial charge in [0, 0.05) is 11.1 Å². The lowest BCUT2D eigenvalue weighted by molar-refractivity contribution is 0.886. The second kappa shape index (κ2) is 6.12. The topological polar surface area (TPSA) is 25.8 Å². The molecule has 0 radical (unpaired) electrons. The smallest absolute Gasteiger partial charge is 0.116 e. The fourth-order valence-corrected chi connectivity index (χ4v) is 1.14. The SMILES string of the molecule is CCCC.Cc1ncnc2ccccc12. The molecule has 0 N–H and O–H groups in total. The van der Waals surface area contributed by atoms with Gasteiger partial charge < -0.3 is 0 Å². The van der Waals surface area contributed by atoms with E-state index in [1.165, 1.54) is 12.8 Å². The Labute approximate surface area is 91.4 Å². The van der Waals surface area contributed by atoms with Crippen molar-refractivity contribution in [2.75, 3.05) is 0 Å². The Hall–Kier alpha value is -1.44. The highest BCUT2D eigenvalue weighted by Crippen LogP contribution is 2.11. The van der Waals surface area contributed by atoms with Crippen LogP contribution in [0.4, 0.5) is 0 Å². The molecule has 2 nitrogen and oxygen atoms in total. The van der Waals surface area contributed by atoms with Crippen LogP contribution in [0.3, 0.4) is 0 Å². The second-order valence-electron chi connectivity index (χ2n) is 3.48. The summed E-state index contributed by atoms with van der Waals surface area (Å²) in [6, 6.07) is 8.00. The average Bonchev–Trinajstić information content (AvgIpc) is 2.30. The van der Waals surface area contributed by atoms with Gasteiger partial charge in [-0.25, -0.2) is 9.97 Å². The summed E-state index contributed by atoms with van der Waals surface area (Å²) in [5.41, 5.74) is 2.05. The van der Waals surface area contributed by atoms with E-state index in [2.05, 4.69) is 23.8 Å². The van der Waals surface area contributed by atoms with Gasteiger partial charge in [0.25, 0.3) is 0 Å². The van der Waals surface area contributed by atoms with Gasteiger partial charge in [-0.1, -0.05) is 44.9 Å². The van der Waals surface area contributed by atoms with E-state index in [9.17, 15) is 0 Å². The van der Waals surface area contributed by atoms with Gasteiger partial charge >= 0.3 is 0 Å². The molecule has 2 aromatic rings. The molecular formula is C13H18N2. The molecule has 1 heterocycles. The van der Waals surface area contributed by atoms with Gasteiger partial charge in [0.1, 0.15) is 6.33 Å². The Morgan fingerprint density at radius 3 is 2.27 bits per heavy atom. The average molecular weight is 202 g/mol. The minimum Gasteiger partial charge on any atom is -0.241 e. The number of unbranched alkanes of at least 4 members (excludes halogenated alkanes) is 1. The molecule has 0 saturated carbocycles. The fourth-order valence-electron chi connectivity index (χ4n) is 1.14. The van der Waals surface area contributed by atoms with E-state index in [1.54, 1.807) is 6.33 Å². The minimum absolute atomic E-state index is 1.01. The number of benzene rings is 1. The molecule has 0 aliphatic carbocycles. The zero-order chi connectivity index (χ0) is 11.1. The molecule has 0 aliphatic rings.